The van der Waals surface area contributed by atoms with Crippen LogP contribution in [0, 0.1) is 0 Å². The molecule has 0 radical (unpaired) electrons. The number of hydrogen-bond acceptors (Lipinski definition) is 5. The van der Waals surface area contributed by atoms with Crippen LogP contribution in [0.15, 0.2) is 23.4 Å². The Morgan fingerprint density at radius 2 is 2.16 bits per heavy atom. The van der Waals surface area contributed by atoms with Crippen LogP contribution in [0.5, 0.6) is 0 Å². The zero-order chi connectivity index (χ0) is 13.9. The maximum atomic E-state index is 12.1. The number of nitrogen functional groups attached to an aromatic ring is 1. The summed E-state index contributed by atoms with van der Waals surface area (Å²) in [7, 11) is -1.78. The van der Waals surface area contributed by atoms with E-state index in [0.29, 0.717) is 36.2 Å². The number of hydrogen-bond donors (Lipinski definition) is 2. The van der Waals surface area contributed by atoms with Crippen LogP contribution in [0.4, 0.5) is 5.69 Å². The molecule has 0 fully saturated rings. The van der Waals surface area contributed by atoms with E-state index in [9.17, 15) is 8.42 Å². The van der Waals surface area contributed by atoms with Crippen molar-refractivity contribution in [2.45, 2.75) is 18.0 Å². The largest absolute Gasteiger partial charge is 0.399 e. The number of imidazole rings is 1. The SMILES string of the molecule is COCCCCS(=O)(=O)c1nc2ccc(N)cc2[nH]1. The Balaban J connectivity index is 2.18. The fourth-order valence-electron chi connectivity index (χ4n) is 1.79. The van der Waals surface area contributed by atoms with E-state index in [1.807, 2.05) is 0 Å². The van der Waals surface area contributed by atoms with Crippen LogP contribution < -0.4 is 5.73 Å². The third kappa shape index (κ3) is 3.24. The highest BCUT2D eigenvalue weighted by molar-refractivity contribution is 7.91. The summed E-state index contributed by atoms with van der Waals surface area (Å²) >= 11 is 0. The summed E-state index contributed by atoms with van der Waals surface area (Å²) in [5.41, 5.74) is 7.45. The van der Waals surface area contributed by atoms with Crippen LogP contribution in [0.25, 0.3) is 11.0 Å². The van der Waals surface area contributed by atoms with Gasteiger partial charge in [0.2, 0.25) is 15.0 Å². The third-order valence-electron chi connectivity index (χ3n) is 2.79. The highest BCUT2D eigenvalue weighted by Crippen LogP contribution is 2.18. The minimum atomic E-state index is -3.38. The minimum absolute atomic E-state index is 0.00511. The van der Waals surface area contributed by atoms with Gasteiger partial charge >= 0.3 is 0 Å². The van der Waals surface area contributed by atoms with Gasteiger partial charge in [-0.2, -0.15) is 0 Å². The summed E-state index contributed by atoms with van der Waals surface area (Å²) in [4.78, 5) is 6.90. The van der Waals surface area contributed by atoms with E-state index in [0.717, 1.165) is 0 Å². The van der Waals surface area contributed by atoms with Crippen molar-refractivity contribution >= 4 is 26.6 Å². The second-order valence-corrected chi connectivity index (χ2v) is 6.36. The molecule has 0 aliphatic rings. The van der Waals surface area contributed by atoms with E-state index >= 15 is 0 Å². The van der Waals surface area contributed by atoms with Gasteiger partial charge in [-0.25, -0.2) is 13.4 Å². The summed E-state index contributed by atoms with van der Waals surface area (Å²) in [6.07, 6.45) is 1.26. The average Bonchev–Trinajstić information content (AvgIpc) is 2.78. The number of aromatic amines is 1. The fraction of sp³-hybridized carbons (Fsp3) is 0.417. The molecule has 0 spiro atoms. The zero-order valence-corrected chi connectivity index (χ0v) is 11.5. The lowest BCUT2D eigenvalue weighted by Gasteiger charge is -2.00. The number of aromatic nitrogens is 2. The van der Waals surface area contributed by atoms with Crippen LogP contribution >= 0.6 is 0 Å². The molecular formula is C12H17N3O3S. The van der Waals surface area contributed by atoms with Crippen molar-refractivity contribution in [3.05, 3.63) is 18.2 Å². The number of H-pyrrole nitrogens is 1. The molecule has 0 saturated heterocycles. The summed E-state index contributed by atoms with van der Waals surface area (Å²) in [6, 6.07) is 5.07. The second kappa shape index (κ2) is 5.58. The first-order valence-corrected chi connectivity index (χ1v) is 7.65. The number of nitrogens with one attached hydrogen (secondary N) is 1. The standard InChI is InChI=1S/C12H17N3O3S/c1-18-6-2-3-7-19(16,17)12-14-10-5-4-9(13)8-11(10)15-12/h4-5,8H,2-3,6-7,13H2,1H3,(H,14,15). The van der Waals surface area contributed by atoms with Gasteiger partial charge in [-0.15, -0.1) is 0 Å². The lowest BCUT2D eigenvalue weighted by molar-refractivity contribution is 0.194. The zero-order valence-electron chi connectivity index (χ0n) is 10.7. The Kier molecular flexibility index (Phi) is 4.06. The van der Waals surface area contributed by atoms with Crippen molar-refractivity contribution in [2.24, 2.45) is 0 Å². The summed E-state index contributed by atoms with van der Waals surface area (Å²) in [6.45, 7) is 0.562. The molecule has 0 bridgehead atoms. The number of fused-ring (bicyclic) bond motifs is 1. The molecule has 2 rings (SSSR count). The normalized spacial score (nSPS) is 12.1. The molecule has 2 aromatic rings. The molecule has 19 heavy (non-hydrogen) atoms. The maximum absolute atomic E-state index is 12.1. The Labute approximate surface area is 111 Å². The van der Waals surface area contributed by atoms with Gasteiger partial charge < -0.3 is 15.5 Å². The quantitative estimate of drug-likeness (QED) is 0.616. The predicted octanol–water partition coefficient (Wildman–Crippen LogP) is 1.35. The van der Waals surface area contributed by atoms with Crippen LogP contribution in [-0.2, 0) is 14.6 Å². The third-order valence-corrected chi connectivity index (χ3v) is 4.40. The number of methoxy groups -OCH3 is 1. The lowest BCUT2D eigenvalue weighted by Crippen LogP contribution is -2.09. The number of benzene rings is 1. The molecule has 0 saturated carbocycles. The fourth-order valence-corrected chi connectivity index (χ4v) is 3.07. The molecule has 1 heterocycles. The van der Waals surface area contributed by atoms with Gasteiger partial charge in [0.15, 0.2) is 0 Å². The van der Waals surface area contributed by atoms with Gasteiger partial charge in [-0.1, -0.05) is 0 Å². The Bertz CT molecular complexity index is 664. The smallest absolute Gasteiger partial charge is 0.226 e. The Hall–Kier alpha value is -1.60. The molecule has 3 N–H and O–H groups in total. The van der Waals surface area contributed by atoms with Gasteiger partial charge in [-0.3, -0.25) is 0 Å². The summed E-state index contributed by atoms with van der Waals surface area (Å²) in [5.74, 6) is 0.0612. The van der Waals surface area contributed by atoms with Crippen molar-refractivity contribution in [3.63, 3.8) is 0 Å². The van der Waals surface area contributed by atoms with Crippen LogP contribution in [0.1, 0.15) is 12.8 Å². The Morgan fingerprint density at radius 1 is 1.37 bits per heavy atom. The van der Waals surface area contributed by atoms with E-state index in [-0.39, 0.29) is 10.9 Å². The van der Waals surface area contributed by atoms with Crippen LogP contribution in [-0.4, -0.2) is 37.9 Å². The molecule has 1 aromatic carbocycles. The van der Waals surface area contributed by atoms with Gasteiger partial charge in [0, 0.05) is 19.4 Å². The monoisotopic (exact) mass is 283 g/mol. The van der Waals surface area contributed by atoms with E-state index in [4.69, 9.17) is 10.5 Å². The number of nitrogens with zero attached hydrogens (tertiary/aromatic N) is 1. The van der Waals surface area contributed by atoms with Crippen molar-refractivity contribution in [2.75, 3.05) is 25.2 Å². The number of nitrogens with two attached hydrogens (primary N) is 1. The van der Waals surface area contributed by atoms with Gasteiger partial charge in [-0.05, 0) is 31.0 Å². The number of sulfone groups is 1. The van der Waals surface area contributed by atoms with Crippen molar-refractivity contribution in [1.29, 1.82) is 0 Å². The second-order valence-electron chi connectivity index (χ2n) is 4.34. The van der Waals surface area contributed by atoms with Crippen LogP contribution in [0.2, 0.25) is 0 Å². The summed E-state index contributed by atoms with van der Waals surface area (Å²) in [5, 5.41) is 0.00511. The van der Waals surface area contributed by atoms with Crippen molar-refractivity contribution in [1.82, 2.24) is 9.97 Å². The van der Waals surface area contributed by atoms with Crippen molar-refractivity contribution in [3.8, 4) is 0 Å². The lowest BCUT2D eigenvalue weighted by atomic mass is 10.3. The number of anilines is 1. The number of rotatable bonds is 6. The molecule has 1 aromatic heterocycles. The molecule has 0 aliphatic carbocycles. The minimum Gasteiger partial charge on any atom is -0.399 e. The Morgan fingerprint density at radius 3 is 2.89 bits per heavy atom. The topological polar surface area (TPSA) is 98.1 Å². The molecule has 0 unspecified atom stereocenters. The van der Waals surface area contributed by atoms with E-state index in [1.54, 1.807) is 25.3 Å². The molecule has 6 nitrogen and oxygen atoms in total. The predicted molar refractivity (Wildman–Crippen MR) is 73.7 cm³/mol. The molecule has 0 atom stereocenters. The summed E-state index contributed by atoms with van der Waals surface area (Å²) < 4.78 is 29.1. The van der Waals surface area contributed by atoms with Gasteiger partial charge in [0.1, 0.15) is 0 Å². The highest BCUT2D eigenvalue weighted by atomic mass is 32.2. The van der Waals surface area contributed by atoms with Gasteiger partial charge in [0.05, 0.1) is 16.8 Å². The highest BCUT2D eigenvalue weighted by Gasteiger charge is 2.18. The first-order valence-electron chi connectivity index (χ1n) is 6.00. The van der Waals surface area contributed by atoms with E-state index in [1.165, 1.54) is 0 Å². The molecule has 7 heteroatoms. The average molecular weight is 283 g/mol. The van der Waals surface area contributed by atoms with E-state index < -0.39 is 9.84 Å². The van der Waals surface area contributed by atoms with Crippen molar-refractivity contribution < 1.29 is 13.2 Å². The molecule has 0 aliphatic heterocycles. The van der Waals surface area contributed by atoms with E-state index in [2.05, 4.69) is 9.97 Å². The molecular weight excluding hydrogens is 266 g/mol. The van der Waals surface area contributed by atoms with Crippen LogP contribution in [0.3, 0.4) is 0 Å². The maximum Gasteiger partial charge on any atom is 0.226 e. The molecule has 0 amide bonds. The first-order chi connectivity index (χ1) is 9.03. The number of ether oxygens (including phenoxy) is 1. The molecule has 104 valence electrons. The van der Waals surface area contributed by atoms with Gasteiger partial charge in [0.25, 0.3) is 0 Å². The number of unbranched alkanes of at least 4 members (excludes halogenated alkanes) is 1. The first kappa shape index (κ1) is 13.8.